The Morgan fingerprint density at radius 2 is 1.95 bits per heavy atom. The van der Waals surface area contributed by atoms with Crippen LogP contribution in [0.5, 0.6) is 5.88 Å². The topological polar surface area (TPSA) is 146 Å². The van der Waals surface area contributed by atoms with E-state index in [9.17, 15) is 9.59 Å². The molecule has 0 fully saturated rings. The number of oxime groups is 2. The fourth-order valence-electron chi connectivity index (χ4n) is 0.642. The minimum atomic E-state index is -1.11. The zero-order chi connectivity index (χ0) is 15.4. The first-order valence-electron chi connectivity index (χ1n) is 4.78. The molecule has 0 aliphatic heterocycles. The van der Waals surface area contributed by atoms with Gasteiger partial charge in [0, 0.05) is 0 Å². The van der Waals surface area contributed by atoms with Crippen LogP contribution in [0, 0.1) is 0 Å². The van der Waals surface area contributed by atoms with Gasteiger partial charge >= 0.3 is 11.9 Å². The van der Waals surface area contributed by atoms with Crippen molar-refractivity contribution in [1.29, 1.82) is 0 Å². The number of carboxylic acids is 1. The minimum Gasteiger partial charge on any atom is -0.477 e. The van der Waals surface area contributed by atoms with E-state index in [-0.39, 0.29) is 5.88 Å². The molecule has 0 aliphatic rings. The van der Waals surface area contributed by atoms with Crippen LogP contribution in [0.2, 0.25) is 0 Å². The number of carboxylic acid groups (broad SMARTS) is 1. The molecule has 3 N–H and O–H groups in total. The largest absolute Gasteiger partial charge is 0.477 e. The number of rotatable bonds is 5. The summed E-state index contributed by atoms with van der Waals surface area (Å²) in [5.74, 6) is -1.61. The Labute approximate surface area is 117 Å². The van der Waals surface area contributed by atoms with Crippen molar-refractivity contribution in [2.75, 3.05) is 20.0 Å². The lowest BCUT2D eigenvalue weighted by atomic mass is 10.7. The summed E-state index contributed by atoms with van der Waals surface area (Å²) < 4.78 is 4.69. The number of hydrogen-bond donors (Lipinski definition) is 2. The first kappa shape index (κ1) is 17.3. The van der Waals surface area contributed by atoms with Gasteiger partial charge in [-0.2, -0.15) is 4.98 Å². The van der Waals surface area contributed by atoms with Crippen LogP contribution in [-0.2, 0) is 19.3 Å². The molecule has 0 saturated heterocycles. The Bertz CT molecular complexity index is 487. The molecule has 0 unspecified atom stereocenters. The van der Waals surface area contributed by atoms with Crippen LogP contribution in [-0.4, -0.2) is 48.7 Å². The lowest BCUT2D eigenvalue weighted by molar-refractivity contribution is -0.129. The van der Waals surface area contributed by atoms with E-state index in [0.717, 1.165) is 6.21 Å². The first-order valence-corrected chi connectivity index (χ1v) is 5.66. The number of carbonyl (C=O) groups is 2. The van der Waals surface area contributed by atoms with Gasteiger partial charge in [0.1, 0.15) is 14.2 Å². The Hall–Kier alpha value is -2.69. The number of aliphatic carboxylic acids is 1. The number of nitrogens with zero attached hydrogens (tertiary/aromatic N) is 3. The number of hydrogen-bond acceptors (Lipinski definition) is 10. The van der Waals surface area contributed by atoms with E-state index >= 15 is 0 Å². The zero-order valence-corrected chi connectivity index (χ0v) is 11.4. The lowest BCUT2D eigenvalue weighted by Gasteiger charge is -1.92. The van der Waals surface area contributed by atoms with Crippen LogP contribution in [0.25, 0.3) is 0 Å². The normalized spacial score (nSPS) is 9.90. The maximum Gasteiger partial charge on any atom is 0.359 e. The van der Waals surface area contributed by atoms with E-state index in [1.165, 1.54) is 30.9 Å². The molecule has 0 aliphatic carbocycles. The summed E-state index contributed by atoms with van der Waals surface area (Å²) in [6, 6.07) is 0. The molecule has 20 heavy (non-hydrogen) atoms. The van der Waals surface area contributed by atoms with Crippen molar-refractivity contribution in [2.45, 2.75) is 0 Å². The number of aromatic nitrogens is 1. The molecule has 11 heteroatoms. The van der Waals surface area contributed by atoms with Crippen LogP contribution >= 0.6 is 11.3 Å². The van der Waals surface area contributed by atoms with Gasteiger partial charge in [0.2, 0.25) is 5.88 Å². The number of nitrogen functional groups attached to an aromatic ring is 1. The molecule has 0 spiro atoms. The van der Waals surface area contributed by atoms with Crippen molar-refractivity contribution >= 4 is 40.8 Å². The molecule has 1 aromatic rings. The van der Waals surface area contributed by atoms with Crippen LogP contribution in [0.3, 0.4) is 0 Å². The molecular weight excluding hydrogens is 292 g/mol. The average Bonchev–Trinajstić information content (AvgIpc) is 2.80. The second-order valence-corrected chi connectivity index (χ2v) is 3.51. The molecule has 0 bridgehead atoms. The van der Waals surface area contributed by atoms with Crippen molar-refractivity contribution < 1.29 is 29.1 Å². The number of ether oxygens (including phenoxy) is 1. The molecule has 0 amide bonds. The fourth-order valence-corrected chi connectivity index (χ4v) is 1.11. The minimum absolute atomic E-state index is 0.162. The molecular formula is C9H12N4O6S. The molecule has 1 heterocycles. The SMILES string of the molecule is CO/N=C\C(=O)Oc1csc(N)n1.CON=CC(=O)O. The van der Waals surface area contributed by atoms with Gasteiger partial charge in [-0.3, -0.25) is 0 Å². The maximum absolute atomic E-state index is 10.9. The molecule has 10 nitrogen and oxygen atoms in total. The monoisotopic (exact) mass is 304 g/mol. The first-order chi connectivity index (χ1) is 9.49. The predicted molar refractivity (Wildman–Crippen MR) is 70.8 cm³/mol. The van der Waals surface area contributed by atoms with Gasteiger partial charge < -0.3 is 25.3 Å². The number of nitrogens with two attached hydrogens (primary N) is 1. The number of thiazole rings is 1. The van der Waals surface area contributed by atoms with Gasteiger partial charge in [-0.15, -0.1) is 11.3 Å². The number of anilines is 1. The highest BCUT2D eigenvalue weighted by molar-refractivity contribution is 7.13. The summed E-state index contributed by atoms with van der Waals surface area (Å²) in [5, 5.41) is 15.8. The molecule has 110 valence electrons. The quantitative estimate of drug-likeness (QED) is 0.438. The van der Waals surface area contributed by atoms with E-state index in [2.05, 4.69) is 29.7 Å². The van der Waals surface area contributed by atoms with Crippen LogP contribution in [0.1, 0.15) is 0 Å². The van der Waals surface area contributed by atoms with Crippen molar-refractivity contribution in [3.63, 3.8) is 0 Å². The molecule has 0 radical (unpaired) electrons. The summed E-state index contributed by atoms with van der Waals surface area (Å²) in [4.78, 5) is 32.4. The van der Waals surface area contributed by atoms with Crippen LogP contribution in [0.4, 0.5) is 5.13 Å². The van der Waals surface area contributed by atoms with E-state index < -0.39 is 11.9 Å². The highest BCUT2D eigenvalue weighted by atomic mass is 32.1. The van der Waals surface area contributed by atoms with Gasteiger partial charge in [-0.25, -0.2) is 9.59 Å². The van der Waals surface area contributed by atoms with E-state index in [0.29, 0.717) is 11.3 Å². The smallest absolute Gasteiger partial charge is 0.359 e. The molecule has 1 rings (SSSR count). The predicted octanol–water partition coefficient (Wildman–Crippen LogP) is -0.0339. The van der Waals surface area contributed by atoms with Crippen molar-refractivity contribution in [1.82, 2.24) is 4.98 Å². The van der Waals surface area contributed by atoms with E-state index in [4.69, 9.17) is 10.8 Å². The Kier molecular flexibility index (Phi) is 8.87. The standard InChI is InChI=1S/C6H7N3O3S.C3H5NO3/c1-11-8-2-5(10)12-4-3-13-6(7)9-4;1-7-4-2-3(5)6/h2-3H,1H3,(H2,7,9);2H,1H3,(H,5,6)/b8-2-;. The summed E-state index contributed by atoms with van der Waals surface area (Å²) in [6.07, 6.45) is 1.57. The Morgan fingerprint density at radius 1 is 1.35 bits per heavy atom. The highest BCUT2D eigenvalue weighted by Crippen LogP contribution is 2.17. The Morgan fingerprint density at radius 3 is 2.35 bits per heavy atom. The zero-order valence-electron chi connectivity index (χ0n) is 10.5. The summed E-state index contributed by atoms with van der Waals surface area (Å²) in [5.41, 5.74) is 5.31. The fraction of sp³-hybridized carbons (Fsp3) is 0.222. The van der Waals surface area contributed by atoms with Crippen molar-refractivity contribution in [3.8, 4) is 5.88 Å². The van der Waals surface area contributed by atoms with Gasteiger partial charge in [-0.05, 0) is 0 Å². The van der Waals surface area contributed by atoms with E-state index in [1.54, 1.807) is 0 Å². The number of esters is 1. The average molecular weight is 304 g/mol. The van der Waals surface area contributed by atoms with Crippen molar-refractivity contribution in [2.24, 2.45) is 10.3 Å². The molecule has 0 atom stereocenters. The summed E-state index contributed by atoms with van der Waals surface area (Å²) in [6.45, 7) is 0. The third-order valence-corrected chi connectivity index (χ3v) is 1.89. The third kappa shape index (κ3) is 9.35. The second-order valence-electron chi connectivity index (χ2n) is 2.62. The molecule has 0 saturated carbocycles. The lowest BCUT2D eigenvalue weighted by Crippen LogP contribution is -2.09. The summed E-state index contributed by atoms with van der Waals surface area (Å²) in [7, 11) is 2.60. The van der Waals surface area contributed by atoms with Gasteiger partial charge in [0.15, 0.2) is 17.6 Å². The maximum atomic E-state index is 10.9. The molecule has 1 aromatic heterocycles. The Balaban J connectivity index is 0.000000441. The van der Waals surface area contributed by atoms with Crippen molar-refractivity contribution in [3.05, 3.63) is 5.38 Å². The number of carbonyl (C=O) groups excluding carboxylic acids is 1. The van der Waals surface area contributed by atoms with Crippen LogP contribution in [0.15, 0.2) is 15.7 Å². The highest BCUT2D eigenvalue weighted by Gasteiger charge is 2.04. The van der Waals surface area contributed by atoms with Crippen LogP contribution < -0.4 is 10.5 Å². The van der Waals surface area contributed by atoms with Gasteiger partial charge in [-0.1, -0.05) is 10.3 Å². The molecule has 0 aromatic carbocycles. The van der Waals surface area contributed by atoms with Gasteiger partial charge in [0.25, 0.3) is 0 Å². The van der Waals surface area contributed by atoms with Gasteiger partial charge in [0.05, 0.1) is 5.38 Å². The third-order valence-electron chi connectivity index (χ3n) is 1.24. The second kappa shape index (κ2) is 10.3. The van der Waals surface area contributed by atoms with E-state index in [1.807, 2.05) is 0 Å². The summed E-state index contributed by atoms with van der Waals surface area (Å²) >= 11 is 1.18.